The molecule has 1 aliphatic heterocycles. The topological polar surface area (TPSA) is 87.6 Å². The molecule has 0 saturated carbocycles. The van der Waals surface area contributed by atoms with Crippen LogP contribution in [-0.2, 0) is 11.2 Å². The molecule has 31 heavy (non-hydrogen) atoms. The van der Waals surface area contributed by atoms with E-state index in [1.807, 2.05) is 30.3 Å². The van der Waals surface area contributed by atoms with Crippen LogP contribution in [0, 0.1) is 5.82 Å². The number of ether oxygens (including phenoxy) is 1. The highest BCUT2D eigenvalue weighted by atomic mass is 32.2. The Balaban J connectivity index is 1.37. The van der Waals surface area contributed by atoms with Crippen molar-refractivity contribution in [2.45, 2.75) is 12.0 Å². The van der Waals surface area contributed by atoms with Crippen molar-refractivity contribution in [3.8, 4) is 5.75 Å². The lowest BCUT2D eigenvalue weighted by molar-refractivity contribution is -0.142. The minimum atomic E-state index is -1.29. The molecule has 6 nitrogen and oxygen atoms in total. The largest absolute Gasteiger partial charge is 0.486 e. The van der Waals surface area contributed by atoms with Crippen molar-refractivity contribution in [1.29, 1.82) is 0 Å². The third kappa shape index (κ3) is 3.74. The molecule has 4 aromatic rings. The first-order valence-corrected chi connectivity index (χ1v) is 10.7. The fraction of sp³-hybridized carbons (Fsp3) is 0.174. The van der Waals surface area contributed by atoms with Gasteiger partial charge in [0.05, 0.1) is 0 Å². The molecule has 2 aromatic heterocycles. The van der Waals surface area contributed by atoms with E-state index >= 15 is 0 Å². The molecule has 1 aliphatic rings. The van der Waals surface area contributed by atoms with Gasteiger partial charge < -0.3 is 14.8 Å². The Labute approximate surface area is 181 Å². The van der Waals surface area contributed by atoms with E-state index in [9.17, 15) is 14.3 Å². The number of aromatic nitrogens is 2. The molecule has 156 valence electrons. The van der Waals surface area contributed by atoms with Crippen molar-refractivity contribution in [1.82, 2.24) is 9.97 Å². The number of hydrogen-bond acceptors (Lipinski definition) is 5. The van der Waals surface area contributed by atoms with Gasteiger partial charge in [0, 0.05) is 46.6 Å². The Bertz CT molecular complexity index is 1330. The molecular formula is C23H18FN3O3S. The van der Waals surface area contributed by atoms with Gasteiger partial charge in [-0.05, 0) is 41.8 Å². The monoisotopic (exact) mass is 435 g/mol. The Morgan fingerprint density at radius 3 is 3.00 bits per heavy atom. The first kappa shape index (κ1) is 19.6. The SMILES string of the molecule is O=C(O)C1(Cc2cc3ccc(F)cc3[nH]2)CSC(COc2cccc3cnccc23)=N1. The second kappa shape index (κ2) is 7.70. The summed E-state index contributed by atoms with van der Waals surface area (Å²) < 4.78 is 19.4. The molecule has 0 radical (unpaired) electrons. The Hall–Kier alpha value is -3.39. The highest BCUT2D eigenvalue weighted by Crippen LogP contribution is 2.33. The van der Waals surface area contributed by atoms with Gasteiger partial charge in [0.15, 0.2) is 5.54 Å². The summed E-state index contributed by atoms with van der Waals surface area (Å²) in [5.74, 6) is -0.318. The van der Waals surface area contributed by atoms with Gasteiger partial charge in [-0.2, -0.15) is 0 Å². The maximum absolute atomic E-state index is 13.5. The van der Waals surface area contributed by atoms with Crippen LogP contribution in [0.3, 0.4) is 0 Å². The summed E-state index contributed by atoms with van der Waals surface area (Å²) in [6.45, 7) is 0.193. The summed E-state index contributed by atoms with van der Waals surface area (Å²) in [7, 11) is 0. The summed E-state index contributed by atoms with van der Waals surface area (Å²) in [6.07, 6.45) is 3.67. The van der Waals surface area contributed by atoms with Gasteiger partial charge in [-0.25, -0.2) is 9.18 Å². The standard InChI is InChI=1S/C23H18FN3O3S/c24-16-5-4-14-8-17(26-19(14)9-16)10-23(22(28)29)13-31-21(27-23)12-30-20-3-1-2-15-11-25-7-6-18(15)20/h1-9,11,26H,10,12-13H2,(H,28,29). The van der Waals surface area contributed by atoms with Crippen LogP contribution in [-0.4, -0.2) is 44.0 Å². The normalized spacial score (nSPS) is 18.4. The Morgan fingerprint density at radius 1 is 1.23 bits per heavy atom. The molecule has 2 aromatic carbocycles. The number of hydrogen-bond donors (Lipinski definition) is 2. The second-order valence-corrected chi connectivity index (χ2v) is 8.52. The summed E-state index contributed by atoms with van der Waals surface area (Å²) in [5.41, 5.74) is 0.0566. The average Bonchev–Trinajstić information content (AvgIpc) is 3.36. The third-order valence-corrected chi connectivity index (χ3v) is 6.49. The van der Waals surface area contributed by atoms with Gasteiger partial charge in [0.25, 0.3) is 0 Å². The number of H-pyrrole nitrogens is 1. The number of benzene rings is 2. The molecule has 0 saturated heterocycles. The van der Waals surface area contributed by atoms with Crippen LogP contribution in [0.2, 0.25) is 0 Å². The minimum absolute atomic E-state index is 0.190. The van der Waals surface area contributed by atoms with Crippen LogP contribution in [0.1, 0.15) is 5.69 Å². The number of nitrogens with one attached hydrogen (secondary N) is 1. The summed E-state index contributed by atoms with van der Waals surface area (Å²) in [4.78, 5) is 23.9. The number of pyridine rings is 1. The number of carbonyl (C=O) groups is 1. The van der Waals surface area contributed by atoms with Crippen LogP contribution in [0.5, 0.6) is 5.75 Å². The molecule has 1 atom stereocenters. The number of carboxylic acids is 1. The number of halogens is 1. The molecule has 8 heteroatoms. The maximum atomic E-state index is 13.5. The number of rotatable bonds is 6. The second-order valence-electron chi connectivity index (χ2n) is 7.48. The highest BCUT2D eigenvalue weighted by molar-refractivity contribution is 8.14. The number of aliphatic imine (C=N–C) groups is 1. The molecule has 0 fully saturated rings. The van der Waals surface area contributed by atoms with Gasteiger partial charge in [-0.15, -0.1) is 11.8 Å². The first-order chi connectivity index (χ1) is 15.0. The smallest absolute Gasteiger partial charge is 0.332 e. The Morgan fingerprint density at radius 2 is 2.13 bits per heavy atom. The lowest BCUT2D eigenvalue weighted by Gasteiger charge is -2.19. The molecule has 0 spiro atoms. The van der Waals surface area contributed by atoms with Crippen molar-refractivity contribution in [2.75, 3.05) is 12.4 Å². The fourth-order valence-electron chi connectivity index (χ4n) is 3.78. The number of nitrogens with zero attached hydrogens (tertiary/aromatic N) is 2. The molecule has 1 unspecified atom stereocenters. The number of thioether (sulfide) groups is 1. The van der Waals surface area contributed by atoms with Crippen molar-refractivity contribution in [3.63, 3.8) is 0 Å². The Kier molecular flexibility index (Phi) is 4.86. The maximum Gasteiger partial charge on any atom is 0.332 e. The first-order valence-electron chi connectivity index (χ1n) is 9.70. The number of aromatic amines is 1. The van der Waals surface area contributed by atoms with E-state index < -0.39 is 11.5 Å². The average molecular weight is 435 g/mol. The zero-order chi connectivity index (χ0) is 21.4. The molecular weight excluding hydrogens is 417 g/mol. The predicted molar refractivity (Wildman–Crippen MR) is 119 cm³/mol. The van der Waals surface area contributed by atoms with Gasteiger partial charge in [-0.1, -0.05) is 12.1 Å². The summed E-state index contributed by atoms with van der Waals surface area (Å²) >= 11 is 1.39. The molecule has 0 amide bonds. The quantitative estimate of drug-likeness (QED) is 0.467. The number of aliphatic carboxylic acids is 1. The molecule has 0 bridgehead atoms. The minimum Gasteiger partial charge on any atom is -0.486 e. The van der Waals surface area contributed by atoms with Gasteiger partial charge in [0.2, 0.25) is 0 Å². The van der Waals surface area contributed by atoms with Crippen molar-refractivity contribution in [2.24, 2.45) is 4.99 Å². The molecule has 5 rings (SSSR count). The number of fused-ring (bicyclic) bond motifs is 2. The molecule has 3 heterocycles. The van der Waals surface area contributed by atoms with Crippen molar-refractivity contribution < 1.29 is 19.0 Å². The third-order valence-electron chi connectivity index (χ3n) is 5.33. The lowest BCUT2D eigenvalue weighted by atomic mass is 9.96. The van der Waals surface area contributed by atoms with Gasteiger partial charge >= 0.3 is 5.97 Å². The van der Waals surface area contributed by atoms with E-state index in [1.54, 1.807) is 18.5 Å². The van der Waals surface area contributed by atoms with Crippen LogP contribution >= 0.6 is 11.8 Å². The lowest BCUT2D eigenvalue weighted by Crippen LogP contribution is -2.39. The van der Waals surface area contributed by atoms with Crippen LogP contribution in [0.25, 0.3) is 21.7 Å². The van der Waals surface area contributed by atoms with E-state index in [1.165, 1.54) is 23.9 Å². The molecule has 2 N–H and O–H groups in total. The highest BCUT2D eigenvalue weighted by Gasteiger charge is 2.43. The van der Waals surface area contributed by atoms with E-state index in [-0.39, 0.29) is 18.8 Å². The van der Waals surface area contributed by atoms with Crippen molar-refractivity contribution >= 4 is 44.5 Å². The molecule has 0 aliphatic carbocycles. The summed E-state index contributed by atoms with van der Waals surface area (Å²) in [6, 6.07) is 13.9. The van der Waals surface area contributed by atoms with Gasteiger partial charge in [-0.3, -0.25) is 9.98 Å². The van der Waals surface area contributed by atoms with Crippen molar-refractivity contribution in [3.05, 3.63) is 72.4 Å². The van der Waals surface area contributed by atoms with Crippen LogP contribution in [0.4, 0.5) is 4.39 Å². The van der Waals surface area contributed by atoms with E-state index in [0.717, 1.165) is 16.2 Å². The van der Waals surface area contributed by atoms with E-state index in [0.29, 0.717) is 27.8 Å². The van der Waals surface area contributed by atoms with E-state index in [2.05, 4.69) is 15.0 Å². The zero-order valence-electron chi connectivity index (χ0n) is 16.3. The van der Waals surface area contributed by atoms with E-state index in [4.69, 9.17) is 4.74 Å². The van der Waals surface area contributed by atoms with Crippen LogP contribution < -0.4 is 4.74 Å². The number of carboxylic acid groups (broad SMARTS) is 1. The van der Waals surface area contributed by atoms with Gasteiger partial charge in [0.1, 0.15) is 23.2 Å². The fourth-order valence-corrected chi connectivity index (χ4v) is 4.86. The summed E-state index contributed by atoms with van der Waals surface area (Å²) in [5, 5.41) is 13.3. The van der Waals surface area contributed by atoms with Crippen LogP contribution in [0.15, 0.2) is 65.9 Å². The predicted octanol–water partition coefficient (Wildman–Crippen LogP) is 4.45. The zero-order valence-corrected chi connectivity index (χ0v) is 17.2.